The third-order valence-electron chi connectivity index (χ3n) is 5.21. The van der Waals surface area contributed by atoms with Crippen molar-refractivity contribution in [1.29, 1.82) is 0 Å². The molecule has 0 unspecified atom stereocenters. The van der Waals surface area contributed by atoms with Crippen LogP contribution in [0.1, 0.15) is 0 Å². The molecule has 0 amide bonds. The first kappa shape index (κ1) is 19.6. The van der Waals surface area contributed by atoms with Gasteiger partial charge in [0, 0.05) is 26.9 Å². The van der Waals surface area contributed by atoms with Gasteiger partial charge in [0.25, 0.3) is 0 Å². The van der Waals surface area contributed by atoms with Crippen molar-refractivity contribution in [2.24, 2.45) is 0 Å². The minimum Gasteiger partial charge on any atom is -0.204 e. The summed E-state index contributed by atoms with van der Waals surface area (Å²) in [7, 11) is 0. The highest BCUT2D eigenvalue weighted by Crippen LogP contribution is 2.48. The van der Waals surface area contributed by atoms with Gasteiger partial charge in [-0.2, -0.15) is 0 Å². The lowest BCUT2D eigenvalue weighted by Gasteiger charge is -2.19. The number of halogens is 11. The van der Waals surface area contributed by atoms with E-state index in [4.69, 9.17) is 0 Å². The maximum Gasteiger partial charge on any atom is 0.195 e. The average Bonchev–Trinajstić information content (AvgIpc) is 2.73. The summed E-state index contributed by atoms with van der Waals surface area (Å²) in [6.45, 7) is 0. The fraction of sp³-hybridized carbons (Fsp3) is 0. The number of fused-ring (bicyclic) bond motifs is 2. The van der Waals surface area contributed by atoms with Gasteiger partial charge in [0.2, 0.25) is 0 Å². The van der Waals surface area contributed by atoms with Crippen molar-refractivity contribution in [3.63, 3.8) is 0 Å². The lowest BCUT2D eigenvalue weighted by Crippen LogP contribution is -2.07. The highest BCUT2D eigenvalue weighted by Gasteiger charge is 2.34. The molecule has 11 heteroatoms. The Kier molecular flexibility index (Phi) is 3.70. The predicted octanol–water partition coefficient (Wildman–Crippen LogP) is 7.27. The van der Waals surface area contributed by atoms with Gasteiger partial charge in [0.05, 0.1) is 10.8 Å². The minimum atomic E-state index is -2.47. The summed E-state index contributed by atoms with van der Waals surface area (Å²) >= 11 is 0. The second-order valence-corrected chi connectivity index (χ2v) is 6.67. The van der Waals surface area contributed by atoms with E-state index in [0.717, 1.165) is 0 Å². The van der Waals surface area contributed by atoms with Crippen molar-refractivity contribution < 1.29 is 48.3 Å². The van der Waals surface area contributed by atoms with E-state index in [2.05, 4.69) is 0 Å². The standard InChI is InChI=1S/C20HF11/c21-3-1-2-4-7(13(24)19(30)15(26)9(4)11(3)22)8-6-5(2)12(23)18(29)16(27)10(6)17(28)20(31)14(8)25/h1H. The van der Waals surface area contributed by atoms with Crippen molar-refractivity contribution in [3.8, 4) is 0 Å². The van der Waals surface area contributed by atoms with Gasteiger partial charge in [-0.05, 0) is 11.5 Å². The molecule has 5 aromatic carbocycles. The molecular formula is C20HF11. The monoisotopic (exact) mass is 450 g/mol. The largest absolute Gasteiger partial charge is 0.204 e. The molecule has 0 saturated heterocycles. The topological polar surface area (TPSA) is 0 Å². The average molecular weight is 450 g/mol. The first-order valence-corrected chi connectivity index (χ1v) is 8.16. The lowest BCUT2D eigenvalue weighted by atomic mass is 9.87. The Morgan fingerprint density at radius 2 is 0.645 bits per heavy atom. The highest BCUT2D eigenvalue weighted by molar-refractivity contribution is 6.33. The van der Waals surface area contributed by atoms with E-state index in [0.29, 0.717) is 0 Å². The number of hydrogen-bond acceptors (Lipinski definition) is 0. The van der Waals surface area contributed by atoms with E-state index < -0.39 is 107 Å². The summed E-state index contributed by atoms with van der Waals surface area (Å²) in [6.07, 6.45) is 0. The normalized spacial score (nSPS) is 12.4. The summed E-state index contributed by atoms with van der Waals surface area (Å²) in [6, 6.07) is 0.106. The van der Waals surface area contributed by atoms with E-state index in [1.165, 1.54) is 0 Å². The van der Waals surface area contributed by atoms with Crippen LogP contribution < -0.4 is 0 Å². The molecule has 0 N–H and O–H groups in total. The second kappa shape index (κ2) is 5.86. The third kappa shape index (κ3) is 2.06. The van der Waals surface area contributed by atoms with Crippen molar-refractivity contribution in [1.82, 2.24) is 0 Å². The zero-order valence-corrected chi connectivity index (χ0v) is 14.2. The Morgan fingerprint density at radius 3 is 1.13 bits per heavy atom. The maximum atomic E-state index is 14.7. The molecule has 0 spiro atoms. The van der Waals surface area contributed by atoms with Crippen LogP contribution in [0.3, 0.4) is 0 Å². The minimum absolute atomic E-state index is 0.106. The van der Waals surface area contributed by atoms with Gasteiger partial charge in [-0.1, -0.05) is 0 Å². The molecule has 0 nitrogen and oxygen atoms in total. The fourth-order valence-corrected chi connectivity index (χ4v) is 3.98. The second-order valence-electron chi connectivity index (χ2n) is 6.67. The van der Waals surface area contributed by atoms with E-state index in [1.54, 1.807) is 0 Å². The molecule has 0 fully saturated rings. The van der Waals surface area contributed by atoms with Crippen LogP contribution in [0.4, 0.5) is 48.3 Å². The van der Waals surface area contributed by atoms with E-state index in [9.17, 15) is 48.3 Å². The van der Waals surface area contributed by atoms with Crippen molar-refractivity contribution >= 4 is 43.1 Å². The first-order chi connectivity index (χ1) is 14.5. The van der Waals surface area contributed by atoms with Gasteiger partial charge in [-0.15, -0.1) is 0 Å². The molecule has 0 aromatic heterocycles. The summed E-state index contributed by atoms with van der Waals surface area (Å²) in [5, 5.41) is -11.1. The van der Waals surface area contributed by atoms with Crippen LogP contribution in [0.25, 0.3) is 43.1 Å². The zero-order chi connectivity index (χ0) is 22.7. The molecule has 0 atom stereocenters. The van der Waals surface area contributed by atoms with E-state index in [1.807, 2.05) is 0 Å². The molecule has 0 aliphatic carbocycles. The van der Waals surface area contributed by atoms with Gasteiger partial charge >= 0.3 is 0 Å². The van der Waals surface area contributed by atoms with Crippen molar-refractivity contribution in [3.05, 3.63) is 70.1 Å². The van der Waals surface area contributed by atoms with Crippen LogP contribution in [0.2, 0.25) is 0 Å². The molecule has 5 aromatic rings. The number of rotatable bonds is 0. The van der Waals surface area contributed by atoms with Gasteiger partial charge in [-0.25, -0.2) is 48.3 Å². The van der Waals surface area contributed by atoms with E-state index >= 15 is 0 Å². The van der Waals surface area contributed by atoms with Gasteiger partial charge < -0.3 is 0 Å². The van der Waals surface area contributed by atoms with Crippen LogP contribution >= 0.6 is 0 Å². The molecule has 0 bridgehead atoms. The van der Waals surface area contributed by atoms with Crippen molar-refractivity contribution in [2.75, 3.05) is 0 Å². The summed E-state index contributed by atoms with van der Waals surface area (Å²) < 4.78 is 158. The smallest absolute Gasteiger partial charge is 0.195 e. The molecule has 0 radical (unpaired) electrons. The highest BCUT2D eigenvalue weighted by atomic mass is 19.2. The molecule has 0 saturated carbocycles. The molecule has 0 aliphatic rings. The van der Waals surface area contributed by atoms with E-state index in [-0.39, 0.29) is 6.07 Å². The molecule has 31 heavy (non-hydrogen) atoms. The van der Waals surface area contributed by atoms with Crippen molar-refractivity contribution in [2.45, 2.75) is 0 Å². The Morgan fingerprint density at radius 1 is 0.290 bits per heavy atom. The van der Waals surface area contributed by atoms with Gasteiger partial charge in [-0.3, -0.25) is 0 Å². The van der Waals surface area contributed by atoms with Crippen LogP contribution in [0, 0.1) is 64.0 Å². The third-order valence-corrected chi connectivity index (χ3v) is 5.21. The predicted molar refractivity (Wildman–Crippen MR) is 87.2 cm³/mol. The number of benzene rings is 5. The zero-order valence-electron chi connectivity index (χ0n) is 14.2. The van der Waals surface area contributed by atoms with Crippen LogP contribution in [-0.2, 0) is 0 Å². The van der Waals surface area contributed by atoms with Gasteiger partial charge in [0.1, 0.15) is 0 Å². The molecule has 0 heterocycles. The Labute approximate surface area is 162 Å². The quantitative estimate of drug-likeness (QED) is 0.101. The Bertz CT molecular complexity index is 1630. The molecule has 5 rings (SSSR count). The SMILES string of the molecule is Fc1cc2c3c(F)c(F)c(F)c4c(F)c(F)c(F)c(c5c(F)c(F)c(F)c(c1F)c25)c43. The van der Waals surface area contributed by atoms with Gasteiger partial charge in [0.15, 0.2) is 64.0 Å². The summed E-state index contributed by atoms with van der Waals surface area (Å²) in [5.74, 6) is -25.0. The molecule has 0 aliphatic heterocycles. The number of hydrogen-bond donors (Lipinski definition) is 0. The summed E-state index contributed by atoms with van der Waals surface area (Å²) in [4.78, 5) is 0. The molecule has 158 valence electrons. The fourth-order valence-electron chi connectivity index (χ4n) is 3.98. The van der Waals surface area contributed by atoms with Crippen LogP contribution in [-0.4, -0.2) is 0 Å². The maximum absolute atomic E-state index is 14.7. The van der Waals surface area contributed by atoms with Crippen LogP contribution in [0.5, 0.6) is 0 Å². The van der Waals surface area contributed by atoms with Crippen LogP contribution in [0.15, 0.2) is 6.07 Å². The molecular weight excluding hydrogens is 449 g/mol. The first-order valence-electron chi connectivity index (χ1n) is 8.16. The lowest BCUT2D eigenvalue weighted by molar-refractivity contribution is 0.441. The Balaban J connectivity index is 2.41. The Hall–Kier alpha value is -3.37. The summed E-state index contributed by atoms with van der Waals surface area (Å²) in [5.41, 5.74) is 0.